The molecule has 1 aliphatic rings. The first-order chi connectivity index (χ1) is 15.1. The summed E-state index contributed by atoms with van der Waals surface area (Å²) in [5.41, 5.74) is 1.86. The van der Waals surface area contributed by atoms with Crippen LogP contribution in [0.2, 0.25) is 0 Å². The molecule has 0 saturated carbocycles. The van der Waals surface area contributed by atoms with Gasteiger partial charge in [0.15, 0.2) is 0 Å². The highest BCUT2D eigenvalue weighted by atomic mass is 16.5. The average molecular weight is 427 g/mol. The largest absolute Gasteiger partial charge is 0.496 e. The lowest BCUT2D eigenvalue weighted by molar-refractivity contribution is -0.146. The van der Waals surface area contributed by atoms with Crippen molar-refractivity contribution < 1.29 is 23.8 Å². The number of nitrogens with zero attached hydrogens (tertiary/aromatic N) is 2. The minimum Gasteiger partial charge on any atom is -0.496 e. The van der Waals surface area contributed by atoms with Crippen LogP contribution in [0.1, 0.15) is 47.8 Å². The molecule has 7 nitrogen and oxygen atoms in total. The van der Waals surface area contributed by atoms with E-state index in [4.69, 9.17) is 14.2 Å². The predicted molar refractivity (Wildman–Crippen MR) is 116 cm³/mol. The predicted octanol–water partition coefficient (Wildman–Crippen LogP) is 3.44. The van der Waals surface area contributed by atoms with Gasteiger partial charge in [-0.05, 0) is 50.9 Å². The molecule has 166 valence electrons. The molecule has 1 aliphatic heterocycles. The third-order valence-electron chi connectivity index (χ3n) is 5.54. The van der Waals surface area contributed by atoms with Crippen LogP contribution in [-0.2, 0) is 20.8 Å². The van der Waals surface area contributed by atoms with E-state index >= 15 is 0 Å². The molecular weight excluding hydrogens is 396 g/mol. The highest BCUT2D eigenvalue weighted by Gasteiger charge is 2.39. The molecule has 0 amide bonds. The summed E-state index contributed by atoms with van der Waals surface area (Å²) < 4.78 is 16.0. The molecule has 0 spiro atoms. The number of methoxy groups -OCH3 is 1. The number of likely N-dealkylation sites (tertiary alicyclic amines) is 1. The summed E-state index contributed by atoms with van der Waals surface area (Å²) in [4.78, 5) is 32.2. The molecule has 1 fully saturated rings. The van der Waals surface area contributed by atoms with Gasteiger partial charge in [-0.25, -0.2) is 4.79 Å². The van der Waals surface area contributed by atoms with Gasteiger partial charge in [0, 0.05) is 24.8 Å². The number of rotatable bonds is 9. The van der Waals surface area contributed by atoms with Gasteiger partial charge in [0.25, 0.3) is 0 Å². The normalized spacial score (nSPS) is 17.2. The van der Waals surface area contributed by atoms with Crippen LogP contribution < -0.4 is 4.74 Å². The second kappa shape index (κ2) is 10.9. The Bertz CT molecular complexity index is 901. The van der Waals surface area contributed by atoms with Crippen molar-refractivity contribution >= 4 is 11.9 Å². The molecule has 1 saturated heterocycles. The van der Waals surface area contributed by atoms with Crippen molar-refractivity contribution in [1.82, 2.24) is 9.88 Å². The quantitative estimate of drug-likeness (QED) is 0.569. The van der Waals surface area contributed by atoms with Crippen LogP contribution in [0.25, 0.3) is 0 Å². The van der Waals surface area contributed by atoms with Gasteiger partial charge in [0.1, 0.15) is 11.7 Å². The van der Waals surface area contributed by atoms with E-state index in [-0.39, 0.29) is 25.1 Å². The Morgan fingerprint density at radius 3 is 2.65 bits per heavy atom. The third kappa shape index (κ3) is 5.41. The molecule has 2 heterocycles. The number of para-hydroxylation sites is 1. The summed E-state index contributed by atoms with van der Waals surface area (Å²) in [5.74, 6) is -0.609. The second-order valence-corrected chi connectivity index (χ2v) is 7.48. The first kappa shape index (κ1) is 22.7. The maximum Gasteiger partial charge on any atom is 0.340 e. The van der Waals surface area contributed by atoms with Gasteiger partial charge in [0.2, 0.25) is 0 Å². The number of pyridine rings is 1. The summed E-state index contributed by atoms with van der Waals surface area (Å²) in [6, 6.07) is 11.3. The van der Waals surface area contributed by atoms with Crippen LogP contribution in [0, 0.1) is 5.92 Å². The van der Waals surface area contributed by atoms with E-state index in [0.717, 1.165) is 30.8 Å². The van der Waals surface area contributed by atoms with Crippen LogP contribution in [0.15, 0.2) is 42.6 Å². The maximum absolute atomic E-state index is 13.0. The molecule has 0 bridgehead atoms. The van der Waals surface area contributed by atoms with E-state index < -0.39 is 11.9 Å². The van der Waals surface area contributed by atoms with E-state index in [1.807, 2.05) is 24.3 Å². The van der Waals surface area contributed by atoms with E-state index in [2.05, 4.69) is 9.88 Å². The van der Waals surface area contributed by atoms with E-state index in [0.29, 0.717) is 17.8 Å². The smallest absolute Gasteiger partial charge is 0.340 e. The summed E-state index contributed by atoms with van der Waals surface area (Å²) >= 11 is 0. The monoisotopic (exact) mass is 426 g/mol. The summed E-state index contributed by atoms with van der Waals surface area (Å²) in [6.45, 7) is 6.32. The molecule has 2 unspecified atom stereocenters. The van der Waals surface area contributed by atoms with E-state index in [9.17, 15) is 9.59 Å². The Morgan fingerprint density at radius 1 is 1.13 bits per heavy atom. The van der Waals surface area contributed by atoms with Crippen molar-refractivity contribution in [2.75, 3.05) is 33.4 Å². The van der Waals surface area contributed by atoms with Gasteiger partial charge in [-0.1, -0.05) is 18.2 Å². The number of carbonyl (C=O) groups is 2. The van der Waals surface area contributed by atoms with Crippen LogP contribution in [-0.4, -0.2) is 55.2 Å². The highest BCUT2D eigenvalue weighted by Crippen LogP contribution is 2.35. The number of esters is 2. The van der Waals surface area contributed by atoms with Crippen LogP contribution in [0.3, 0.4) is 0 Å². The van der Waals surface area contributed by atoms with Gasteiger partial charge in [0.05, 0.1) is 31.6 Å². The lowest BCUT2D eigenvalue weighted by Crippen LogP contribution is -2.29. The van der Waals surface area contributed by atoms with Gasteiger partial charge in [-0.15, -0.1) is 0 Å². The molecule has 3 rings (SSSR count). The van der Waals surface area contributed by atoms with Crippen LogP contribution >= 0.6 is 0 Å². The molecule has 2 atom stereocenters. The number of benzene rings is 1. The average Bonchev–Trinajstić information content (AvgIpc) is 3.23. The van der Waals surface area contributed by atoms with Crippen molar-refractivity contribution in [2.24, 2.45) is 5.92 Å². The van der Waals surface area contributed by atoms with Gasteiger partial charge in [-0.3, -0.25) is 14.7 Å². The molecule has 2 aromatic rings. The Kier molecular flexibility index (Phi) is 8.00. The fourth-order valence-corrected chi connectivity index (χ4v) is 4.16. The minimum atomic E-state index is -0.622. The molecule has 1 aromatic heterocycles. The van der Waals surface area contributed by atoms with E-state index in [1.165, 1.54) is 0 Å². The number of aromatic nitrogens is 1. The van der Waals surface area contributed by atoms with Crippen LogP contribution in [0.5, 0.6) is 5.75 Å². The van der Waals surface area contributed by atoms with Crippen LogP contribution in [0.4, 0.5) is 0 Å². The van der Waals surface area contributed by atoms with Gasteiger partial charge >= 0.3 is 11.9 Å². The fourth-order valence-electron chi connectivity index (χ4n) is 4.16. The zero-order valence-corrected chi connectivity index (χ0v) is 18.4. The molecular formula is C24H30N2O5. The summed E-state index contributed by atoms with van der Waals surface area (Å²) in [7, 11) is 1.67. The van der Waals surface area contributed by atoms with Crippen molar-refractivity contribution in [3.8, 4) is 5.75 Å². The molecule has 7 heteroatoms. The summed E-state index contributed by atoms with van der Waals surface area (Å²) in [5, 5.41) is 0. The molecule has 0 N–H and O–H groups in total. The maximum atomic E-state index is 13.0. The lowest BCUT2D eigenvalue weighted by Gasteiger charge is -2.24. The minimum absolute atomic E-state index is 0.0168. The standard InChI is InChI=1S/C24H30N2O5/c1-4-30-23(27)19-10-8-13-25-22(19)21(24(28)31-5-2)18-12-14-26(16-18)15-17-9-6-7-11-20(17)29-3/h6-11,13,18,21H,4-5,12,14-16H2,1-3H3. The van der Waals surface area contributed by atoms with Crippen molar-refractivity contribution in [3.63, 3.8) is 0 Å². The number of hydrogen-bond acceptors (Lipinski definition) is 7. The number of carbonyl (C=O) groups excluding carboxylic acids is 2. The molecule has 0 radical (unpaired) electrons. The number of hydrogen-bond donors (Lipinski definition) is 0. The Morgan fingerprint density at radius 2 is 1.90 bits per heavy atom. The van der Waals surface area contributed by atoms with E-state index in [1.54, 1.807) is 39.3 Å². The Labute approximate surface area is 183 Å². The first-order valence-electron chi connectivity index (χ1n) is 10.7. The molecule has 1 aromatic carbocycles. The Balaban J connectivity index is 1.84. The topological polar surface area (TPSA) is 78.0 Å². The Hall–Kier alpha value is -2.93. The first-order valence-corrected chi connectivity index (χ1v) is 10.7. The lowest BCUT2D eigenvalue weighted by atomic mass is 9.86. The molecule has 0 aliphatic carbocycles. The van der Waals surface area contributed by atoms with Crippen molar-refractivity contribution in [2.45, 2.75) is 32.7 Å². The zero-order chi connectivity index (χ0) is 22.2. The van der Waals surface area contributed by atoms with Gasteiger partial charge in [-0.2, -0.15) is 0 Å². The third-order valence-corrected chi connectivity index (χ3v) is 5.54. The SMILES string of the molecule is CCOC(=O)c1cccnc1C(C(=O)OCC)C1CCN(Cc2ccccc2OC)C1. The molecule has 31 heavy (non-hydrogen) atoms. The fraction of sp³-hybridized carbons (Fsp3) is 0.458. The second-order valence-electron chi connectivity index (χ2n) is 7.48. The summed E-state index contributed by atoms with van der Waals surface area (Å²) in [6.07, 6.45) is 2.41. The van der Waals surface area contributed by atoms with Crippen molar-refractivity contribution in [1.29, 1.82) is 0 Å². The number of ether oxygens (including phenoxy) is 3. The van der Waals surface area contributed by atoms with Gasteiger partial charge < -0.3 is 14.2 Å². The zero-order valence-electron chi connectivity index (χ0n) is 18.4. The highest BCUT2D eigenvalue weighted by molar-refractivity contribution is 5.93. The van der Waals surface area contributed by atoms with Crippen molar-refractivity contribution in [3.05, 3.63) is 59.4 Å².